The lowest BCUT2D eigenvalue weighted by Gasteiger charge is -2.16. The highest BCUT2D eigenvalue weighted by atomic mass is 32.2. The molecule has 0 saturated heterocycles. The Morgan fingerprint density at radius 2 is 1.59 bits per heavy atom. The molecule has 0 aliphatic heterocycles. The molecular weight excluding hydrogens is 424 g/mol. The van der Waals surface area contributed by atoms with Crippen molar-refractivity contribution in [2.75, 3.05) is 7.11 Å². The molecule has 1 rings (SSSR count). The van der Waals surface area contributed by atoms with Crippen LogP contribution in [0.15, 0.2) is 41.3 Å². The smallest absolute Gasteiger partial charge is 0.305 e. The van der Waals surface area contributed by atoms with E-state index in [4.69, 9.17) is 4.18 Å². The van der Waals surface area contributed by atoms with Crippen molar-refractivity contribution in [2.45, 2.75) is 108 Å². The first-order chi connectivity index (χ1) is 15.4. The highest BCUT2D eigenvalue weighted by Gasteiger charge is 2.21. The number of ether oxygens (including phenoxy) is 1. The Labute approximate surface area is 195 Å². The van der Waals surface area contributed by atoms with Crippen molar-refractivity contribution >= 4 is 16.1 Å². The van der Waals surface area contributed by atoms with Crippen LogP contribution in [0.1, 0.15) is 96.0 Å². The number of esters is 1. The minimum Gasteiger partial charge on any atom is -0.469 e. The second kappa shape index (κ2) is 16.9. The van der Waals surface area contributed by atoms with Crippen molar-refractivity contribution in [3.05, 3.63) is 42.0 Å². The Balaban J connectivity index is 2.42. The SMILES string of the molecule is CCCCCC[C@H](C/C=C\CCCCCCCC(=O)OC)OS(=O)(=O)c1ccc(C)cc1. The molecule has 0 bridgehead atoms. The number of aryl methyl sites for hydroxylation is 1. The zero-order valence-electron chi connectivity index (χ0n) is 20.2. The fourth-order valence-corrected chi connectivity index (χ4v) is 4.59. The van der Waals surface area contributed by atoms with E-state index in [1.54, 1.807) is 24.3 Å². The first-order valence-corrected chi connectivity index (χ1v) is 13.5. The molecular formula is C26H42O5S. The van der Waals surface area contributed by atoms with Gasteiger partial charge in [-0.2, -0.15) is 8.42 Å². The Bertz CT molecular complexity index is 753. The summed E-state index contributed by atoms with van der Waals surface area (Å²) in [5, 5.41) is 0. The van der Waals surface area contributed by atoms with Crippen LogP contribution in [-0.2, 0) is 23.8 Å². The van der Waals surface area contributed by atoms with Crippen LogP contribution < -0.4 is 0 Å². The molecule has 32 heavy (non-hydrogen) atoms. The Morgan fingerprint density at radius 3 is 2.28 bits per heavy atom. The van der Waals surface area contributed by atoms with Gasteiger partial charge in [0.1, 0.15) is 0 Å². The summed E-state index contributed by atoms with van der Waals surface area (Å²) in [5.41, 5.74) is 1.02. The van der Waals surface area contributed by atoms with E-state index >= 15 is 0 Å². The van der Waals surface area contributed by atoms with Crippen LogP contribution in [0.4, 0.5) is 0 Å². The average Bonchev–Trinajstić information content (AvgIpc) is 2.77. The zero-order valence-corrected chi connectivity index (χ0v) is 21.0. The van der Waals surface area contributed by atoms with Crippen LogP contribution in [0.25, 0.3) is 0 Å². The van der Waals surface area contributed by atoms with Crippen molar-refractivity contribution in [1.82, 2.24) is 0 Å². The fourth-order valence-electron chi connectivity index (χ4n) is 3.47. The molecule has 0 aliphatic carbocycles. The summed E-state index contributed by atoms with van der Waals surface area (Å²) in [4.78, 5) is 11.3. The zero-order chi connectivity index (χ0) is 23.7. The predicted molar refractivity (Wildman–Crippen MR) is 130 cm³/mol. The third-order valence-electron chi connectivity index (χ3n) is 5.50. The van der Waals surface area contributed by atoms with E-state index in [1.807, 2.05) is 6.92 Å². The van der Waals surface area contributed by atoms with Crippen LogP contribution in [0.5, 0.6) is 0 Å². The molecule has 0 radical (unpaired) electrons. The van der Waals surface area contributed by atoms with Gasteiger partial charge >= 0.3 is 5.97 Å². The maximum atomic E-state index is 12.7. The standard InChI is InChI=1S/C26H42O5S/c1-4-5-6-13-16-24(31-32(28,29)25-21-19-23(2)20-22-25)17-14-11-9-7-8-10-12-15-18-26(27)30-3/h11,14,19-22,24H,4-10,12-13,15-18H2,1-3H3/b14-11-/t24-/m1/s1. The van der Waals surface area contributed by atoms with Crippen LogP contribution in [-0.4, -0.2) is 27.6 Å². The molecule has 0 spiro atoms. The summed E-state index contributed by atoms with van der Waals surface area (Å²) < 4.78 is 35.6. The largest absolute Gasteiger partial charge is 0.469 e. The number of allylic oxidation sites excluding steroid dienone is 1. The van der Waals surface area contributed by atoms with E-state index in [9.17, 15) is 13.2 Å². The topological polar surface area (TPSA) is 69.7 Å². The molecule has 0 unspecified atom stereocenters. The number of carbonyl (C=O) groups is 1. The van der Waals surface area contributed by atoms with Crippen molar-refractivity contribution in [2.24, 2.45) is 0 Å². The van der Waals surface area contributed by atoms with Crippen molar-refractivity contribution < 1.29 is 22.1 Å². The maximum Gasteiger partial charge on any atom is 0.305 e. The fraction of sp³-hybridized carbons (Fsp3) is 0.654. The lowest BCUT2D eigenvalue weighted by Crippen LogP contribution is -2.18. The van der Waals surface area contributed by atoms with Gasteiger partial charge in [-0.3, -0.25) is 8.98 Å². The molecule has 0 fully saturated rings. The van der Waals surface area contributed by atoms with E-state index < -0.39 is 10.1 Å². The van der Waals surface area contributed by atoms with Gasteiger partial charge in [-0.1, -0.05) is 81.7 Å². The van der Waals surface area contributed by atoms with E-state index in [0.29, 0.717) is 12.8 Å². The van der Waals surface area contributed by atoms with Gasteiger partial charge in [-0.05, 0) is 51.2 Å². The normalized spacial score (nSPS) is 12.8. The maximum absolute atomic E-state index is 12.7. The molecule has 1 aromatic carbocycles. The minimum absolute atomic E-state index is 0.135. The minimum atomic E-state index is -3.75. The van der Waals surface area contributed by atoms with E-state index in [0.717, 1.165) is 76.2 Å². The number of unbranched alkanes of at least 4 members (excludes halogenated alkanes) is 8. The second-order valence-electron chi connectivity index (χ2n) is 8.42. The van der Waals surface area contributed by atoms with Crippen molar-refractivity contribution in [3.63, 3.8) is 0 Å². The van der Waals surface area contributed by atoms with E-state index in [1.165, 1.54) is 7.11 Å². The second-order valence-corrected chi connectivity index (χ2v) is 10.00. The summed E-state index contributed by atoms with van der Waals surface area (Å²) in [7, 11) is -2.33. The van der Waals surface area contributed by atoms with Gasteiger partial charge in [0.25, 0.3) is 10.1 Å². The predicted octanol–water partition coefficient (Wildman–Crippen LogP) is 6.89. The molecule has 0 N–H and O–H groups in total. The molecule has 182 valence electrons. The quantitative estimate of drug-likeness (QED) is 0.102. The first-order valence-electron chi connectivity index (χ1n) is 12.1. The lowest BCUT2D eigenvalue weighted by atomic mass is 10.1. The first kappa shape index (κ1) is 28.4. The molecule has 1 aromatic rings. The van der Waals surface area contributed by atoms with Crippen LogP contribution in [0, 0.1) is 6.92 Å². The number of rotatable bonds is 18. The summed E-state index contributed by atoms with van der Waals surface area (Å²) in [6, 6.07) is 6.81. The third-order valence-corrected chi connectivity index (χ3v) is 6.87. The number of hydrogen-bond acceptors (Lipinski definition) is 5. The summed E-state index contributed by atoms with van der Waals surface area (Å²) >= 11 is 0. The van der Waals surface area contributed by atoms with Gasteiger partial charge < -0.3 is 4.74 Å². The van der Waals surface area contributed by atoms with Crippen LogP contribution in [0.2, 0.25) is 0 Å². The summed E-state index contributed by atoms with van der Waals surface area (Å²) in [5.74, 6) is -0.135. The van der Waals surface area contributed by atoms with Crippen LogP contribution in [0.3, 0.4) is 0 Å². The lowest BCUT2D eigenvalue weighted by molar-refractivity contribution is -0.140. The van der Waals surface area contributed by atoms with E-state index in [2.05, 4.69) is 23.8 Å². The highest BCUT2D eigenvalue weighted by Crippen LogP contribution is 2.20. The highest BCUT2D eigenvalue weighted by molar-refractivity contribution is 7.86. The molecule has 0 aromatic heterocycles. The van der Waals surface area contributed by atoms with Gasteiger partial charge in [-0.25, -0.2) is 0 Å². The summed E-state index contributed by atoms with van der Waals surface area (Å²) in [6.07, 6.45) is 16.3. The molecule has 0 heterocycles. The average molecular weight is 467 g/mol. The van der Waals surface area contributed by atoms with Gasteiger partial charge in [-0.15, -0.1) is 0 Å². The van der Waals surface area contributed by atoms with Gasteiger partial charge in [0.15, 0.2) is 0 Å². The van der Waals surface area contributed by atoms with E-state index in [-0.39, 0.29) is 17.0 Å². The number of methoxy groups -OCH3 is 1. The van der Waals surface area contributed by atoms with Crippen molar-refractivity contribution in [3.8, 4) is 0 Å². The van der Waals surface area contributed by atoms with Gasteiger partial charge in [0.05, 0.1) is 18.1 Å². The third kappa shape index (κ3) is 13.0. The van der Waals surface area contributed by atoms with Gasteiger partial charge in [0, 0.05) is 6.42 Å². The Morgan fingerprint density at radius 1 is 0.938 bits per heavy atom. The molecule has 0 aliphatic rings. The summed E-state index contributed by atoms with van der Waals surface area (Å²) in [6.45, 7) is 4.10. The van der Waals surface area contributed by atoms with Crippen LogP contribution >= 0.6 is 0 Å². The number of carbonyl (C=O) groups excluding carboxylic acids is 1. The monoisotopic (exact) mass is 466 g/mol. The number of benzene rings is 1. The molecule has 6 heteroatoms. The Hall–Kier alpha value is -1.66. The molecule has 0 saturated carbocycles. The Kier molecular flexibility index (Phi) is 15.0. The molecule has 5 nitrogen and oxygen atoms in total. The molecule has 1 atom stereocenters. The molecule has 0 amide bonds. The van der Waals surface area contributed by atoms with Gasteiger partial charge in [0.2, 0.25) is 0 Å². The number of hydrogen-bond donors (Lipinski definition) is 0. The van der Waals surface area contributed by atoms with Crippen molar-refractivity contribution in [1.29, 1.82) is 0 Å².